The maximum absolute atomic E-state index is 9.76. The van der Waals surface area contributed by atoms with E-state index in [2.05, 4.69) is 12.0 Å². The van der Waals surface area contributed by atoms with E-state index in [1.54, 1.807) is 19.1 Å². The van der Waals surface area contributed by atoms with Crippen LogP contribution in [0, 0.1) is 12.0 Å². The van der Waals surface area contributed by atoms with Crippen molar-refractivity contribution < 1.29 is 14.9 Å². The van der Waals surface area contributed by atoms with Gasteiger partial charge in [-0.1, -0.05) is 18.2 Å². The summed E-state index contributed by atoms with van der Waals surface area (Å²) in [4.78, 5) is 0. The molecule has 0 saturated heterocycles. The van der Waals surface area contributed by atoms with Crippen LogP contribution in [0.5, 0.6) is 5.75 Å². The molecule has 2 N–H and O–H groups in total. The number of aliphatic hydroxyl groups excluding tert-OH is 1. The van der Waals surface area contributed by atoms with Crippen LogP contribution in [0.1, 0.15) is 19.8 Å². The minimum absolute atomic E-state index is 0.0529. The molecule has 0 saturated carbocycles. The number of ether oxygens (including phenoxy) is 1. The Kier molecular flexibility index (Phi) is 4.84. The summed E-state index contributed by atoms with van der Waals surface area (Å²) in [7, 11) is 0. The van der Waals surface area contributed by atoms with Crippen LogP contribution in [0.25, 0.3) is 0 Å². The zero-order chi connectivity index (χ0) is 11.9. The van der Waals surface area contributed by atoms with Crippen molar-refractivity contribution in [2.24, 2.45) is 0 Å². The summed E-state index contributed by atoms with van der Waals surface area (Å²) >= 11 is 0. The van der Waals surface area contributed by atoms with Crippen LogP contribution in [0.2, 0.25) is 0 Å². The van der Waals surface area contributed by atoms with E-state index >= 15 is 0 Å². The van der Waals surface area contributed by atoms with Gasteiger partial charge in [0.05, 0.1) is 0 Å². The lowest BCUT2D eigenvalue weighted by molar-refractivity contribution is 0.101. The van der Waals surface area contributed by atoms with E-state index in [1.807, 2.05) is 18.2 Å². The molecule has 1 unspecified atom stereocenters. The van der Waals surface area contributed by atoms with Gasteiger partial charge in [0.2, 0.25) is 0 Å². The highest BCUT2D eigenvalue weighted by molar-refractivity contribution is 5.23. The van der Waals surface area contributed by atoms with Crippen LogP contribution in [0.3, 0.4) is 0 Å². The Morgan fingerprint density at radius 3 is 2.62 bits per heavy atom. The minimum atomic E-state index is -1.11. The molecule has 0 heterocycles. The van der Waals surface area contributed by atoms with Gasteiger partial charge in [-0.25, -0.2) is 0 Å². The maximum Gasteiger partial charge on any atom is 0.140 e. The first kappa shape index (κ1) is 12.6. The lowest BCUT2D eigenvalue weighted by Gasteiger charge is -2.14. The van der Waals surface area contributed by atoms with E-state index in [0.29, 0.717) is 18.6 Å². The number of hydrogen-bond acceptors (Lipinski definition) is 3. The summed E-state index contributed by atoms with van der Waals surface area (Å²) in [5.74, 6) is 3.26. The summed E-state index contributed by atoms with van der Waals surface area (Å²) in [5.41, 5.74) is -1.11. The topological polar surface area (TPSA) is 49.7 Å². The molecule has 0 bridgehead atoms. The number of hydrogen-bond donors (Lipinski definition) is 2. The van der Waals surface area contributed by atoms with E-state index in [1.165, 1.54) is 0 Å². The summed E-state index contributed by atoms with van der Waals surface area (Å²) in [5, 5.41) is 18.4. The molecular weight excluding hydrogens is 204 g/mol. The fourth-order valence-corrected chi connectivity index (χ4v) is 1.17. The van der Waals surface area contributed by atoms with Crippen molar-refractivity contribution in [3.8, 4) is 17.8 Å². The SMILES string of the molecule is CC(O)(C#COc1ccccc1)CCCO. The highest BCUT2D eigenvalue weighted by atomic mass is 16.5. The van der Waals surface area contributed by atoms with Crippen LogP contribution in [0.15, 0.2) is 30.3 Å². The van der Waals surface area contributed by atoms with E-state index in [0.717, 1.165) is 0 Å². The molecule has 0 aromatic heterocycles. The van der Waals surface area contributed by atoms with Crippen LogP contribution in [-0.4, -0.2) is 22.4 Å². The molecule has 1 rings (SSSR count). The second-order valence-electron chi connectivity index (χ2n) is 3.74. The first-order valence-electron chi connectivity index (χ1n) is 5.21. The fraction of sp³-hybridized carbons (Fsp3) is 0.385. The molecule has 1 atom stereocenters. The molecule has 0 amide bonds. The largest absolute Gasteiger partial charge is 0.407 e. The highest BCUT2D eigenvalue weighted by Gasteiger charge is 2.15. The Labute approximate surface area is 95.7 Å². The van der Waals surface area contributed by atoms with Gasteiger partial charge in [-0.2, -0.15) is 0 Å². The number of aliphatic hydroxyl groups is 2. The van der Waals surface area contributed by atoms with Crippen molar-refractivity contribution in [1.29, 1.82) is 0 Å². The summed E-state index contributed by atoms with van der Waals surface area (Å²) in [6.07, 6.45) is 3.42. The Morgan fingerprint density at radius 2 is 2.00 bits per heavy atom. The summed E-state index contributed by atoms with van der Waals surface area (Å²) in [6, 6.07) is 9.16. The van der Waals surface area contributed by atoms with Crippen molar-refractivity contribution >= 4 is 0 Å². The lowest BCUT2D eigenvalue weighted by Crippen LogP contribution is -2.21. The molecule has 0 spiro atoms. The number of benzene rings is 1. The lowest BCUT2D eigenvalue weighted by atomic mass is 10.0. The first-order chi connectivity index (χ1) is 7.64. The predicted octanol–water partition coefficient (Wildman–Crippen LogP) is 1.55. The number of rotatable bonds is 4. The monoisotopic (exact) mass is 220 g/mol. The van der Waals surface area contributed by atoms with Gasteiger partial charge in [-0.15, -0.1) is 0 Å². The van der Waals surface area contributed by atoms with Gasteiger partial charge in [0.25, 0.3) is 0 Å². The van der Waals surface area contributed by atoms with Crippen LogP contribution in [0.4, 0.5) is 0 Å². The third kappa shape index (κ3) is 4.83. The second-order valence-corrected chi connectivity index (χ2v) is 3.74. The van der Waals surface area contributed by atoms with Gasteiger partial charge in [0, 0.05) is 6.61 Å². The molecule has 3 heteroatoms. The molecule has 0 radical (unpaired) electrons. The summed E-state index contributed by atoms with van der Waals surface area (Å²) < 4.78 is 5.14. The highest BCUT2D eigenvalue weighted by Crippen LogP contribution is 2.11. The molecule has 1 aromatic carbocycles. The Balaban J connectivity index is 2.48. The van der Waals surface area contributed by atoms with Crippen molar-refractivity contribution in [2.45, 2.75) is 25.4 Å². The molecule has 1 aromatic rings. The van der Waals surface area contributed by atoms with Crippen LogP contribution >= 0.6 is 0 Å². The van der Waals surface area contributed by atoms with Crippen molar-refractivity contribution in [3.05, 3.63) is 30.3 Å². The van der Waals surface area contributed by atoms with Gasteiger partial charge in [0.15, 0.2) is 0 Å². The quantitative estimate of drug-likeness (QED) is 0.757. The molecule has 0 aliphatic heterocycles. The third-order valence-electron chi connectivity index (χ3n) is 2.05. The van der Waals surface area contributed by atoms with Crippen molar-refractivity contribution in [1.82, 2.24) is 0 Å². The van der Waals surface area contributed by atoms with Gasteiger partial charge >= 0.3 is 0 Å². The molecule has 0 aliphatic carbocycles. The van der Waals surface area contributed by atoms with E-state index in [4.69, 9.17) is 9.84 Å². The molecular formula is C13H16O3. The smallest absolute Gasteiger partial charge is 0.140 e. The first-order valence-corrected chi connectivity index (χ1v) is 5.21. The second kappa shape index (κ2) is 6.16. The van der Waals surface area contributed by atoms with Gasteiger partial charge in [0.1, 0.15) is 17.5 Å². The van der Waals surface area contributed by atoms with Crippen LogP contribution in [-0.2, 0) is 0 Å². The maximum atomic E-state index is 9.76. The standard InChI is InChI=1S/C13H16O3/c1-13(15,8-5-10-14)9-11-16-12-6-3-2-4-7-12/h2-4,6-7,14-15H,5,8,10H2,1H3. The third-order valence-corrected chi connectivity index (χ3v) is 2.05. The average Bonchev–Trinajstić information content (AvgIpc) is 2.28. The predicted molar refractivity (Wildman–Crippen MR) is 61.8 cm³/mol. The molecule has 16 heavy (non-hydrogen) atoms. The molecule has 86 valence electrons. The fourth-order valence-electron chi connectivity index (χ4n) is 1.17. The average molecular weight is 220 g/mol. The van der Waals surface area contributed by atoms with Crippen LogP contribution < -0.4 is 4.74 Å². The zero-order valence-electron chi connectivity index (χ0n) is 9.31. The Bertz CT molecular complexity index is 360. The van der Waals surface area contributed by atoms with Gasteiger partial charge in [-0.05, 0) is 37.8 Å². The number of para-hydroxylation sites is 1. The van der Waals surface area contributed by atoms with E-state index < -0.39 is 5.60 Å². The Hall–Kier alpha value is -1.50. The molecule has 0 aliphatic rings. The normalized spacial score (nSPS) is 13.4. The molecule has 3 nitrogen and oxygen atoms in total. The van der Waals surface area contributed by atoms with Gasteiger partial charge in [-0.3, -0.25) is 0 Å². The van der Waals surface area contributed by atoms with E-state index in [-0.39, 0.29) is 6.61 Å². The van der Waals surface area contributed by atoms with Gasteiger partial charge < -0.3 is 14.9 Å². The van der Waals surface area contributed by atoms with E-state index in [9.17, 15) is 5.11 Å². The Morgan fingerprint density at radius 1 is 1.31 bits per heavy atom. The van der Waals surface area contributed by atoms with Crippen molar-refractivity contribution in [3.63, 3.8) is 0 Å². The van der Waals surface area contributed by atoms with Crippen molar-refractivity contribution in [2.75, 3.05) is 6.61 Å². The summed E-state index contributed by atoms with van der Waals surface area (Å²) in [6.45, 7) is 1.65. The molecule has 0 fully saturated rings. The minimum Gasteiger partial charge on any atom is -0.407 e. The zero-order valence-corrected chi connectivity index (χ0v) is 9.31.